The average Bonchev–Trinajstić information content (AvgIpc) is 3.33. The molecule has 25 heavy (non-hydrogen) atoms. The molecule has 1 aliphatic heterocycles. The van der Waals surface area contributed by atoms with E-state index in [0.717, 1.165) is 49.2 Å². The predicted octanol–water partition coefficient (Wildman–Crippen LogP) is 2.34. The minimum Gasteiger partial charge on any atom is -0.465 e. The molecule has 7 heteroatoms. The molecule has 7 nitrogen and oxygen atoms in total. The Labute approximate surface area is 147 Å². The molecule has 0 amide bonds. The second kappa shape index (κ2) is 6.84. The number of nitrogens with zero attached hydrogens (tertiary/aromatic N) is 6. The molecule has 4 heterocycles. The third-order valence-corrected chi connectivity index (χ3v) is 4.93. The maximum atomic E-state index is 5.73. The van der Waals surface area contributed by atoms with Gasteiger partial charge in [-0.05, 0) is 38.4 Å². The predicted molar refractivity (Wildman–Crippen MR) is 93.0 cm³/mol. The quantitative estimate of drug-likeness (QED) is 0.713. The van der Waals surface area contributed by atoms with E-state index >= 15 is 0 Å². The number of rotatable bonds is 5. The molecular weight excluding hydrogens is 316 g/mol. The van der Waals surface area contributed by atoms with Crippen LogP contribution >= 0.6 is 0 Å². The first kappa shape index (κ1) is 16.1. The zero-order chi connectivity index (χ0) is 17.2. The van der Waals surface area contributed by atoms with Gasteiger partial charge in [-0.3, -0.25) is 4.90 Å². The molecule has 3 aromatic rings. The smallest absolute Gasteiger partial charge is 0.152 e. The standard InChI is InChI=1S/C18H24N6O/c1-14-5-6-16(25-14)11-23-8-3-4-15(10-23)18-21-20-17(22(18)2)12-24-9-7-19-13-24/h5-7,9,13,15H,3-4,8,10-12H2,1-2H3. The number of aryl methyl sites for hydroxylation is 1. The Kier molecular flexibility index (Phi) is 4.40. The van der Waals surface area contributed by atoms with Gasteiger partial charge < -0.3 is 13.6 Å². The fourth-order valence-electron chi connectivity index (χ4n) is 3.61. The van der Waals surface area contributed by atoms with E-state index in [-0.39, 0.29) is 0 Å². The van der Waals surface area contributed by atoms with E-state index in [4.69, 9.17) is 4.42 Å². The largest absolute Gasteiger partial charge is 0.465 e. The van der Waals surface area contributed by atoms with Crippen molar-refractivity contribution in [2.24, 2.45) is 7.05 Å². The van der Waals surface area contributed by atoms with Gasteiger partial charge in [0.05, 0.1) is 19.4 Å². The highest BCUT2D eigenvalue weighted by molar-refractivity contribution is 5.07. The van der Waals surface area contributed by atoms with Gasteiger partial charge in [0, 0.05) is 31.9 Å². The summed E-state index contributed by atoms with van der Waals surface area (Å²) in [7, 11) is 2.07. The number of imidazole rings is 1. The van der Waals surface area contributed by atoms with E-state index in [1.165, 1.54) is 6.42 Å². The van der Waals surface area contributed by atoms with E-state index in [0.29, 0.717) is 12.5 Å². The molecule has 0 bridgehead atoms. The number of aromatic nitrogens is 5. The van der Waals surface area contributed by atoms with E-state index < -0.39 is 0 Å². The summed E-state index contributed by atoms with van der Waals surface area (Å²) in [6, 6.07) is 4.10. The van der Waals surface area contributed by atoms with E-state index in [1.54, 1.807) is 6.20 Å². The summed E-state index contributed by atoms with van der Waals surface area (Å²) < 4.78 is 9.89. The van der Waals surface area contributed by atoms with Gasteiger partial charge in [-0.15, -0.1) is 10.2 Å². The molecule has 0 spiro atoms. The van der Waals surface area contributed by atoms with Gasteiger partial charge >= 0.3 is 0 Å². The molecule has 3 aromatic heterocycles. The highest BCUT2D eigenvalue weighted by atomic mass is 16.3. The van der Waals surface area contributed by atoms with Crippen molar-refractivity contribution in [2.45, 2.75) is 38.8 Å². The lowest BCUT2D eigenvalue weighted by atomic mass is 9.97. The van der Waals surface area contributed by atoms with E-state index in [9.17, 15) is 0 Å². The van der Waals surface area contributed by atoms with Crippen LogP contribution in [-0.4, -0.2) is 42.3 Å². The lowest BCUT2D eigenvalue weighted by molar-refractivity contribution is 0.181. The number of hydrogen-bond donors (Lipinski definition) is 0. The minimum absolute atomic E-state index is 0.416. The third-order valence-electron chi connectivity index (χ3n) is 4.93. The van der Waals surface area contributed by atoms with Gasteiger partial charge in [-0.1, -0.05) is 0 Å². The van der Waals surface area contributed by atoms with Crippen molar-refractivity contribution in [1.82, 2.24) is 29.2 Å². The lowest BCUT2D eigenvalue weighted by Crippen LogP contribution is -2.34. The zero-order valence-corrected chi connectivity index (χ0v) is 14.8. The molecule has 0 N–H and O–H groups in total. The van der Waals surface area contributed by atoms with Crippen LogP contribution in [-0.2, 0) is 20.1 Å². The molecule has 1 aliphatic rings. The summed E-state index contributed by atoms with van der Waals surface area (Å²) in [5, 5.41) is 8.90. The summed E-state index contributed by atoms with van der Waals surface area (Å²) in [5.41, 5.74) is 0. The second-order valence-electron chi connectivity index (χ2n) is 6.86. The molecule has 0 radical (unpaired) electrons. The molecular formula is C18H24N6O. The molecule has 1 atom stereocenters. The van der Waals surface area contributed by atoms with Crippen LogP contribution in [0.2, 0.25) is 0 Å². The first-order chi connectivity index (χ1) is 12.2. The first-order valence-corrected chi connectivity index (χ1v) is 8.80. The Morgan fingerprint density at radius 1 is 1.24 bits per heavy atom. The van der Waals surface area contributed by atoms with Crippen LogP contribution in [0.1, 0.15) is 41.9 Å². The normalized spacial score (nSPS) is 18.7. The van der Waals surface area contributed by atoms with Crippen molar-refractivity contribution < 1.29 is 4.42 Å². The Balaban J connectivity index is 1.45. The van der Waals surface area contributed by atoms with Crippen molar-refractivity contribution in [3.63, 3.8) is 0 Å². The van der Waals surface area contributed by atoms with Crippen molar-refractivity contribution >= 4 is 0 Å². The second-order valence-corrected chi connectivity index (χ2v) is 6.86. The molecule has 4 rings (SSSR count). The topological polar surface area (TPSA) is 64.9 Å². The van der Waals surface area contributed by atoms with Crippen LogP contribution in [0.3, 0.4) is 0 Å². The highest BCUT2D eigenvalue weighted by Crippen LogP contribution is 2.27. The summed E-state index contributed by atoms with van der Waals surface area (Å²) >= 11 is 0. The highest BCUT2D eigenvalue weighted by Gasteiger charge is 2.26. The van der Waals surface area contributed by atoms with Crippen molar-refractivity contribution in [3.05, 3.63) is 54.0 Å². The monoisotopic (exact) mass is 340 g/mol. The van der Waals surface area contributed by atoms with E-state index in [1.807, 2.05) is 30.1 Å². The number of hydrogen-bond acceptors (Lipinski definition) is 5. The summed E-state index contributed by atoms with van der Waals surface area (Å²) in [5.74, 6) is 4.47. The number of furan rings is 1. The van der Waals surface area contributed by atoms with Crippen molar-refractivity contribution in [3.8, 4) is 0 Å². The van der Waals surface area contributed by atoms with Crippen LogP contribution in [0, 0.1) is 6.92 Å². The molecule has 0 aliphatic carbocycles. The Hall–Kier alpha value is -2.41. The summed E-state index contributed by atoms with van der Waals surface area (Å²) in [6.45, 7) is 5.66. The lowest BCUT2D eigenvalue weighted by Gasteiger charge is -2.31. The summed E-state index contributed by atoms with van der Waals surface area (Å²) in [6.07, 6.45) is 7.87. The molecule has 0 aromatic carbocycles. The van der Waals surface area contributed by atoms with E-state index in [2.05, 4.69) is 37.8 Å². The minimum atomic E-state index is 0.416. The van der Waals surface area contributed by atoms with Gasteiger partial charge in [-0.2, -0.15) is 0 Å². The number of likely N-dealkylation sites (tertiary alicyclic amines) is 1. The average molecular weight is 340 g/mol. The van der Waals surface area contributed by atoms with Crippen LogP contribution in [0.5, 0.6) is 0 Å². The molecule has 132 valence electrons. The molecule has 1 fully saturated rings. The maximum absolute atomic E-state index is 5.73. The fraction of sp³-hybridized carbons (Fsp3) is 0.500. The SMILES string of the molecule is Cc1ccc(CN2CCCC(c3nnc(Cn4ccnc4)n3C)C2)o1. The third kappa shape index (κ3) is 3.51. The molecule has 1 saturated heterocycles. The van der Waals surface area contributed by atoms with Gasteiger partial charge in [0.15, 0.2) is 5.82 Å². The first-order valence-electron chi connectivity index (χ1n) is 8.80. The summed E-state index contributed by atoms with van der Waals surface area (Å²) in [4.78, 5) is 6.54. The number of piperidine rings is 1. The van der Waals surface area contributed by atoms with Crippen molar-refractivity contribution in [1.29, 1.82) is 0 Å². The Morgan fingerprint density at radius 2 is 2.16 bits per heavy atom. The molecule has 1 unspecified atom stereocenters. The van der Waals surface area contributed by atoms with Gasteiger partial charge in [-0.25, -0.2) is 4.98 Å². The van der Waals surface area contributed by atoms with Crippen molar-refractivity contribution in [2.75, 3.05) is 13.1 Å². The zero-order valence-electron chi connectivity index (χ0n) is 14.8. The fourth-order valence-corrected chi connectivity index (χ4v) is 3.61. The molecule has 0 saturated carbocycles. The van der Waals surface area contributed by atoms with Crippen LogP contribution < -0.4 is 0 Å². The van der Waals surface area contributed by atoms with Crippen LogP contribution in [0.4, 0.5) is 0 Å². The van der Waals surface area contributed by atoms with Gasteiger partial charge in [0.2, 0.25) is 0 Å². The van der Waals surface area contributed by atoms with Crippen LogP contribution in [0.25, 0.3) is 0 Å². The Morgan fingerprint density at radius 3 is 2.92 bits per heavy atom. The van der Waals surface area contributed by atoms with Crippen LogP contribution in [0.15, 0.2) is 35.3 Å². The van der Waals surface area contributed by atoms with Gasteiger partial charge in [0.25, 0.3) is 0 Å². The Bertz CT molecular complexity index is 819. The maximum Gasteiger partial charge on any atom is 0.152 e. The van der Waals surface area contributed by atoms with Gasteiger partial charge in [0.1, 0.15) is 17.3 Å².